The Kier molecular flexibility index (Phi) is 4.71. The molecule has 1 aliphatic rings. The molecule has 1 aromatic heterocycles. The molecule has 1 fully saturated rings. The first-order chi connectivity index (χ1) is 9.06. The number of nitrogens with zero attached hydrogens (tertiary/aromatic N) is 3. The van der Waals surface area contributed by atoms with Crippen molar-refractivity contribution in [3.05, 3.63) is 23.2 Å². The lowest BCUT2D eigenvalue weighted by molar-refractivity contribution is 0.0941. The third-order valence-corrected chi connectivity index (χ3v) is 3.62. The Balaban J connectivity index is 1.82. The zero-order chi connectivity index (χ0) is 13.8. The molecule has 1 amide bonds. The summed E-state index contributed by atoms with van der Waals surface area (Å²) < 4.78 is 0. The summed E-state index contributed by atoms with van der Waals surface area (Å²) in [6.45, 7) is 7.22. The van der Waals surface area contributed by atoms with Gasteiger partial charge < -0.3 is 10.2 Å². The molecular formula is C13H19ClN4O. The Morgan fingerprint density at radius 2 is 2.37 bits per heavy atom. The molecule has 0 radical (unpaired) electrons. The number of hydrogen-bond donors (Lipinski definition) is 1. The average molecular weight is 283 g/mol. The molecule has 2 rings (SSSR count). The van der Waals surface area contributed by atoms with Crippen LogP contribution in [0.4, 0.5) is 0 Å². The fourth-order valence-electron chi connectivity index (χ4n) is 2.28. The van der Waals surface area contributed by atoms with Gasteiger partial charge in [0.25, 0.3) is 5.91 Å². The van der Waals surface area contributed by atoms with Crippen LogP contribution < -0.4 is 5.32 Å². The van der Waals surface area contributed by atoms with Crippen LogP contribution in [0.15, 0.2) is 12.4 Å². The summed E-state index contributed by atoms with van der Waals surface area (Å²) in [6.07, 6.45) is 3.96. The van der Waals surface area contributed by atoms with E-state index in [1.54, 1.807) is 0 Å². The van der Waals surface area contributed by atoms with Gasteiger partial charge in [-0.1, -0.05) is 11.6 Å². The van der Waals surface area contributed by atoms with Crippen molar-refractivity contribution in [2.45, 2.75) is 26.3 Å². The topological polar surface area (TPSA) is 58.1 Å². The van der Waals surface area contributed by atoms with Crippen LogP contribution >= 0.6 is 11.6 Å². The van der Waals surface area contributed by atoms with Crippen molar-refractivity contribution >= 4 is 17.5 Å². The highest BCUT2D eigenvalue weighted by Gasteiger charge is 2.24. The lowest BCUT2D eigenvalue weighted by Crippen LogP contribution is -2.33. The van der Waals surface area contributed by atoms with Gasteiger partial charge >= 0.3 is 0 Å². The predicted molar refractivity (Wildman–Crippen MR) is 74.2 cm³/mol. The predicted octanol–water partition coefficient (Wildman–Crippen LogP) is 1.59. The lowest BCUT2D eigenvalue weighted by atomic mass is 10.1. The zero-order valence-corrected chi connectivity index (χ0v) is 12.0. The van der Waals surface area contributed by atoms with Crippen LogP contribution in [0.2, 0.25) is 5.15 Å². The van der Waals surface area contributed by atoms with Crippen LogP contribution in [-0.2, 0) is 0 Å². The van der Waals surface area contributed by atoms with Gasteiger partial charge in [-0.05, 0) is 32.7 Å². The Bertz CT molecular complexity index is 452. The van der Waals surface area contributed by atoms with Crippen molar-refractivity contribution < 1.29 is 4.79 Å². The molecule has 104 valence electrons. The van der Waals surface area contributed by atoms with Crippen molar-refractivity contribution in [3.8, 4) is 0 Å². The summed E-state index contributed by atoms with van der Waals surface area (Å²) in [5.74, 6) is 0.302. The number of amides is 1. The van der Waals surface area contributed by atoms with E-state index in [0.717, 1.165) is 19.5 Å². The number of halogens is 1. The van der Waals surface area contributed by atoms with E-state index in [9.17, 15) is 4.79 Å². The number of hydrogen-bond acceptors (Lipinski definition) is 4. The zero-order valence-electron chi connectivity index (χ0n) is 11.3. The van der Waals surface area contributed by atoms with Gasteiger partial charge in [-0.3, -0.25) is 9.78 Å². The number of nitrogens with one attached hydrogen (secondary N) is 1. The monoisotopic (exact) mass is 282 g/mol. The van der Waals surface area contributed by atoms with E-state index < -0.39 is 0 Å². The van der Waals surface area contributed by atoms with Crippen LogP contribution in [0.3, 0.4) is 0 Å². The molecule has 2 heterocycles. The van der Waals surface area contributed by atoms with Gasteiger partial charge in [-0.15, -0.1) is 0 Å². The smallest absolute Gasteiger partial charge is 0.271 e. The Hall–Kier alpha value is -1.20. The molecule has 6 heteroatoms. The first kappa shape index (κ1) is 14.2. The second kappa shape index (κ2) is 6.30. The van der Waals surface area contributed by atoms with Crippen molar-refractivity contribution in [2.24, 2.45) is 5.92 Å². The molecule has 1 aromatic rings. The fraction of sp³-hybridized carbons (Fsp3) is 0.615. The Morgan fingerprint density at radius 3 is 3.00 bits per heavy atom. The second-order valence-corrected chi connectivity index (χ2v) is 5.57. The van der Waals surface area contributed by atoms with Crippen LogP contribution in [-0.4, -0.2) is 46.5 Å². The van der Waals surface area contributed by atoms with Crippen LogP contribution in [0.1, 0.15) is 30.8 Å². The fourth-order valence-corrected chi connectivity index (χ4v) is 2.42. The molecule has 0 bridgehead atoms. The van der Waals surface area contributed by atoms with E-state index in [1.807, 2.05) is 0 Å². The van der Waals surface area contributed by atoms with Gasteiger partial charge in [0.05, 0.1) is 12.4 Å². The quantitative estimate of drug-likeness (QED) is 0.911. The Morgan fingerprint density at radius 1 is 1.58 bits per heavy atom. The highest BCUT2D eigenvalue weighted by Crippen LogP contribution is 2.17. The van der Waals surface area contributed by atoms with Gasteiger partial charge in [0.15, 0.2) is 0 Å². The molecule has 1 atom stereocenters. The van der Waals surface area contributed by atoms with Gasteiger partial charge in [-0.2, -0.15) is 0 Å². The maximum absolute atomic E-state index is 11.9. The summed E-state index contributed by atoms with van der Waals surface area (Å²) in [7, 11) is 0. The van der Waals surface area contributed by atoms with Gasteiger partial charge in [0.1, 0.15) is 10.8 Å². The van der Waals surface area contributed by atoms with Crippen molar-refractivity contribution in [2.75, 3.05) is 19.6 Å². The second-order valence-electron chi connectivity index (χ2n) is 5.18. The maximum atomic E-state index is 11.9. The summed E-state index contributed by atoms with van der Waals surface area (Å²) in [5.41, 5.74) is 0.270. The standard InChI is InChI=1S/C13H19ClN4O/c1-9(2)18-4-3-10(8-18)5-16-13(19)11-6-15-7-12(14)17-11/h6-7,9-10H,3-5,8H2,1-2H3,(H,16,19). The number of aromatic nitrogens is 2. The molecule has 1 unspecified atom stereocenters. The van der Waals surface area contributed by atoms with E-state index in [0.29, 0.717) is 18.5 Å². The summed E-state index contributed by atoms with van der Waals surface area (Å²) in [4.78, 5) is 22.1. The van der Waals surface area contributed by atoms with Gasteiger partial charge in [-0.25, -0.2) is 4.98 Å². The summed E-state index contributed by atoms with van der Waals surface area (Å²) in [5, 5.41) is 3.14. The van der Waals surface area contributed by atoms with E-state index in [-0.39, 0.29) is 16.8 Å². The minimum Gasteiger partial charge on any atom is -0.350 e. The van der Waals surface area contributed by atoms with Crippen molar-refractivity contribution in [1.82, 2.24) is 20.2 Å². The number of likely N-dealkylation sites (tertiary alicyclic amines) is 1. The normalized spacial score (nSPS) is 19.9. The van der Waals surface area contributed by atoms with Crippen LogP contribution in [0.5, 0.6) is 0 Å². The SMILES string of the molecule is CC(C)N1CCC(CNC(=O)c2cncc(Cl)n2)C1. The largest absolute Gasteiger partial charge is 0.350 e. The molecule has 1 aliphatic heterocycles. The molecule has 0 saturated carbocycles. The summed E-state index contributed by atoms with van der Waals surface area (Å²) in [6, 6.07) is 0.569. The van der Waals surface area contributed by atoms with Gasteiger partial charge in [0.2, 0.25) is 0 Å². The van der Waals surface area contributed by atoms with E-state index in [2.05, 4.69) is 34.0 Å². The van der Waals surface area contributed by atoms with Crippen LogP contribution in [0.25, 0.3) is 0 Å². The molecule has 0 spiro atoms. The van der Waals surface area contributed by atoms with Gasteiger partial charge in [0, 0.05) is 19.1 Å². The Labute approximate surface area is 118 Å². The number of carbonyl (C=O) groups excluding carboxylic acids is 1. The van der Waals surface area contributed by atoms with E-state index in [1.165, 1.54) is 12.4 Å². The molecule has 0 aliphatic carbocycles. The minimum absolute atomic E-state index is 0.210. The van der Waals surface area contributed by atoms with E-state index >= 15 is 0 Å². The van der Waals surface area contributed by atoms with E-state index in [4.69, 9.17) is 11.6 Å². The lowest BCUT2D eigenvalue weighted by Gasteiger charge is -2.20. The van der Waals surface area contributed by atoms with Crippen LogP contribution in [0, 0.1) is 5.92 Å². The summed E-state index contributed by atoms with van der Waals surface area (Å²) >= 11 is 5.71. The maximum Gasteiger partial charge on any atom is 0.271 e. The molecular weight excluding hydrogens is 264 g/mol. The third kappa shape index (κ3) is 3.88. The molecule has 19 heavy (non-hydrogen) atoms. The first-order valence-corrected chi connectivity index (χ1v) is 6.94. The first-order valence-electron chi connectivity index (χ1n) is 6.56. The number of carbonyl (C=O) groups is 1. The van der Waals surface area contributed by atoms with Crippen molar-refractivity contribution in [1.29, 1.82) is 0 Å². The average Bonchev–Trinajstić information content (AvgIpc) is 2.85. The highest BCUT2D eigenvalue weighted by atomic mass is 35.5. The molecule has 5 nitrogen and oxygen atoms in total. The number of rotatable bonds is 4. The molecule has 1 saturated heterocycles. The minimum atomic E-state index is -0.210. The third-order valence-electron chi connectivity index (χ3n) is 3.44. The molecule has 1 N–H and O–H groups in total. The van der Waals surface area contributed by atoms with Crippen molar-refractivity contribution in [3.63, 3.8) is 0 Å². The molecule has 0 aromatic carbocycles. The highest BCUT2D eigenvalue weighted by molar-refractivity contribution is 6.29.